The molecule has 5 unspecified atom stereocenters. The Kier molecular flexibility index (Phi) is 4.70. The van der Waals surface area contributed by atoms with E-state index in [4.69, 9.17) is 0 Å². The highest BCUT2D eigenvalue weighted by atomic mass is 15.2. The van der Waals surface area contributed by atoms with Crippen molar-refractivity contribution in [3.63, 3.8) is 0 Å². The molecule has 4 aliphatic rings. The minimum Gasteiger partial charge on any atom is -0.300 e. The van der Waals surface area contributed by atoms with Gasteiger partial charge in [0.05, 0.1) is 0 Å². The molecule has 1 aromatic rings. The molecule has 1 nitrogen and oxygen atoms in total. The fourth-order valence-electron chi connectivity index (χ4n) is 7.77. The smallest absolute Gasteiger partial charge is 0.0173 e. The lowest BCUT2D eigenvalue weighted by atomic mass is 9.52. The lowest BCUT2D eigenvalue weighted by Crippen LogP contribution is -2.57. The summed E-state index contributed by atoms with van der Waals surface area (Å²) in [6.07, 6.45) is 11.2. The Morgan fingerprint density at radius 3 is 2.46 bits per heavy atom. The van der Waals surface area contributed by atoms with Crippen molar-refractivity contribution in [2.24, 2.45) is 23.7 Å². The van der Waals surface area contributed by atoms with Gasteiger partial charge in [0, 0.05) is 18.0 Å². The van der Waals surface area contributed by atoms with E-state index in [0.717, 1.165) is 29.7 Å². The Balaban J connectivity index is 1.64. The van der Waals surface area contributed by atoms with Crippen LogP contribution < -0.4 is 0 Å². The van der Waals surface area contributed by atoms with Gasteiger partial charge in [-0.15, -0.1) is 0 Å². The summed E-state index contributed by atoms with van der Waals surface area (Å²) in [7, 11) is 0. The van der Waals surface area contributed by atoms with Crippen LogP contribution in [0.25, 0.3) is 0 Å². The van der Waals surface area contributed by atoms with Crippen molar-refractivity contribution in [3.8, 4) is 0 Å². The van der Waals surface area contributed by atoms with Crippen molar-refractivity contribution in [2.45, 2.75) is 97.4 Å². The quantitative estimate of drug-likeness (QED) is 0.579. The molecule has 0 aromatic heterocycles. The molecule has 2 fully saturated rings. The van der Waals surface area contributed by atoms with E-state index in [-0.39, 0.29) is 0 Å². The van der Waals surface area contributed by atoms with E-state index in [1.807, 2.05) is 5.56 Å². The lowest BCUT2D eigenvalue weighted by molar-refractivity contribution is 0.00557. The molecule has 0 aliphatic heterocycles. The molecule has 0 saturated heterocycles. The van der Waals surface area contributed by atoms with Gasteiger partial charge in [-0.3, -0.25) is 4.90 Å². The van der Waals surface area contributed by atoms with Gasteiger partial charge in [0.25, 0.3) is 0 Å². The van der Waals surface area contributed by atoms with Crippen LogP contribution in [0, 0.1) is 30.6 Å². The zero-order valence-electron chi connectivity index (χ0n) is 19.0. The summed E-state index contributed by atoms with van der Waals surface area (Å²) in [6.45, 7) is 15.0. The van der Waals surface area contributed by atoms with Crippen molar-refractivity contribution in [1.82, 2.24) is 4.90 Å². The monoisotopic (exact) mass is 379 g/mol. The van der Waals surface area contributed by atoms with Crippen LogP contribution >= 0.6 is 0 Å². The third-order valence-electron chi connectivity index (χ3n) is 9.57. The molecule has 0 bridgehead atoms. The minimum absolute atomic E-state index is 0.437. The molecule has 1 aromatic carbocycles. The first-order chi connectivity index (χ1) is 13.5. The fourth-order valence-corrected chi connectivity index (χ4v) is 7.77. The molecule has 4 aliphatic carbocycles. The summed E-state index contributed by atoms with van der Waals surface area (Å²) in [5.41, 5.74) is 9.12. The van der Waals surface area contributed by atoms with E-state index >= 15 is 0 Å². The molecule has 5 atom stereocenters. The highest BCUT2D eigenvalue weighted by molar-refractivity contribution is 5.56. The number of rotatable bonds is 6. The lowest BCUT2D eigenvalue weighted by Gasteiger charge is -2.56. The molecule has 1 heteroatoms. The molecule has 0 radical (unpaired) electrons. The van der Waals surface area contributed by atoms with Gasteiger partial charge in [-0.05, 0) is 110 Å². The Hall–Kier alpha value is -0.820. The molecule has 154 valence electrons. The second-order valence-corrected chi connectivity index (χ2v) is 10.9. The van der Waals surface area contributed by atoms with Crippen molar-refractivity contribution in [2.75, 3.05) is 13.1 Å². The second-order valence-electron chi connectivity index (χ2n) is 10.9. The standard InChI is InChI=1S/C27H41N/c1-6-18-12-21-14-23-20(7-2)11-17(4)22-15-25(28(8-3)16-19-9-10-19)24(13-18)27(21,5)26(22)23/h11,18-19,21,24-25H,6-10,12-16H2,1-5H3. The Bertz CT molecular complexity index is 760. The van der Waals surface area contributed by atoms with Crippen LogP contribution in [0.3, 0.4) is 0 Å². The van der Waals surface area contributed by atoms with Crippen LogP contribution in [0.1, 0.15) is 87.6 Å². The van der Waals surface area contributed by atoms with Crippen molar-refractivity contribution in [1.29, 1.82) is 0 Å². The van der Waals surface area contributed by atoms with Crippen LogP contribution in [0.2, 0.25) is 0 Å². The maximum atomic E-state index is 2.93. The summed E-state index contributed by atoms with van der Waals surface area (Å²) in [5.74, 6) is 3.71. The SMILES string of the molecule is CCc1cc(C)c2c3c1CC1CC(CC)CC(C(N(CC)CC4CC4)C2)C31C. The first-order valence-electron chi connectivity index (χ1n) is 12.4. The molecule has 0 spiro atoms. The summed E-state index contributed by atoms with van der Waals surface area (Å²) >= 11 is 0. The minimum atomic E-state index is 0.437. The molecule has 28 heavy (non-hydrogen) atoms. The van der Waals surface area contributed by atoms with E-state index in [1.54, 1.807) is 22.3 Å². The topological polar surface area (TPSA) is 3.24 Å². The van der Waals surface area contributed by atoms with Gasteiger partial charge in [0.15, 0.2) is 0 Å². The van der Waals surface area contributed by atoms with E-state index in [9.17, 15) is 0 Å². The molecule has 0 N–H and O–H groups in total. The van der Waals surface area contributed by atoms with Gasteiger partial charge in [-0.2, -0.15) is 0 Å². The fraction of sp³-hybridized carbons (Fsp3) is 0.778. The Labute approximate surface area is 173 Å². The van der Waals surface area contributed by atoms with E-state index in [2.05, 4.69) is 45.6 Å². The van der Waals surface area contributed by atoms with E-state index in [1.165, 1.54) is 64.5 Å². The Morgan fingerprint density at radius 2 is 1.82 bits per heavy atom. The molecule has 0 amide bonds. The summed E-state index contributed by atoms with van der Waals surface area (Å²) in [4.78, 5) is 2.93. The first-order valence-corrected chi connectivity index (χ1v) is 12.4. The zero-order chi connectivity index (χ0) is 19.6. The van der Waals surface area contributed by atoms with Crippen LogP contribution in [0.15, 0.2) is 6.07 Å². The average molecular weight is 380 g/mol. The van der Waals surface area contributed by atoms with Gasteiger partial charge >= 0.3 is 0 Å². The number of hydrogen-bond donors (Lipinski definition) is 0. The van der Waals surface area contributed by atoms with Gasteiger partial charge in [-0.25, -0.2) is 0 Å². The average Bonchev–Trinajstić information content (AvgIpc) is 3.46. The molecular formula is C27H41N. The van der Waals surface area contributed by atoms with Crippen molar-refractivity contribution >= 4 is 0 Å². The van der Waals surface area contributed by atoms with Gasteiger partial charge in [0.1, 0.15) is 0 Å². The number of hydrogen-bond acceptors (Lipinski definition) is 1. The number of aryl methyl sites for hydroxylation is 2. The van der Waals surface area contributed by atoms with Crippen LogP contribution in [0.4, 0.5) is 0 Å². The maximum Gasteiger partial charge on any atom is 0.0173 e. The molecule has 2 saturated carbocycles. The largest absolute Gasteiger partial charge is 0.300 e. The number of benzene rings is 1. The maximum absolute atomic E-state index is 2.93. The summed E-state index contributed by atoms with van der Waals surface area (Å²) in [6, 6.07) is 3.35. The number of likely N-dealkylation sites (N-methyl/N-ethyl adjacent to an activating group) is 1. The van der Waals surface area contributed by atoms with Crippen LogP contribution in [0.5, 0.6) is 0 Å². The summed E-state index contributed by atoms with van der Waals surface area (Å²) < 4.78 is 0. The van der Waals surface area contributed by atoms with Crippen molar-refractivity contribution in [3.05, 3.63) is 33.9 Å². The highest BCUT2D eigenvalue weighted by Gasteiger charge is 2.58. The normalized spacial score (nSPS) is 36.1. The van der Waals surface area contributed by atoms with Crippen LogP contribution in [-0.4, -0.2) is 24.0 Å². The van der Waals surface area contributed by atoms with E-state index < -0.39 is 0 Å². The van der Waals surface area contributed by atoms with Crippen LogP contribution in [-0.2, 0) is 24.7 Å². The van der Waals surface area contributed by atoms with Crippen molar-refractivity contribution < 1.29 is 0 Å². The third-order valence-corrected chi connectivity index (χ3v) is 9.57. The number of nitrogens with zero attached hydrogens (tertiary/aromatic N) is 1. The molecule has 0 heterocycles. The van der Waals surface area contributed by atoms with Gasteiger partial charge in [0.2, 0.25) is 0 Å². The first kappa shape index (κ1) is 19.2. The predicted octanol–water partition coefficient (Wildman–Crippen LogP) is 6.08. The molecule has 5 rings (SSSR count). The summed E-state index contributed by atoms with van der Waals surface area (Å²) in [5, 5.41) is 0. The van der Waals surface area contributed by atoms with Gasteiger partial charge in [-0.1, -0.05) is 40.2 Å². The van der Waals surface area contributed by atoms with E-state index in [0.29, 0.717) is 5.41 Å². The highest BCUT2D eigenvalue weighted by Crippen LogP contribution is 2.62. The zero-order valence-corrected chi connectivity index (χ0v) is 19.0. The second kappa shape index (κ2) is 6.86. The third kappa shape index (κ3) is 2.68. The molecular weight excluding hydrogens is 338 g/mol. The predicted molar refractivity (Wildman–Crippen MR) is 119 cm³/mol. The van der Waals surface area contributed by atoms with Gasteiger partial charge < -0.3 is 0 Å². The Morgan fingerprint density at radius 1 is 1.04 bits per heavy atom.